The van der Waals surface area contributed by atoms with Crippen LogP contribution in [0.1, 0.15) is 24.1 Å². The minimum atomic E-state index is 0.381. The van der Waals surface area contributed by atoms with Crippen molar-refractivity contribution in [3.8, 4) is 0 Å². The molecular formula is C17H19N. The van der Waals surface area contributed by atoms with Gasteiger partial charge < -0.3 is 5.32 Å². The molecule has 0 heterocycles. The Balaban J connectivity index is 1.81. The van der Waals surface area contributed by atoms with E-state index >= 15 is 0 Å². The van der Waals surface area contributed by atoms with Crippen molar-refractivity contribution in [1.29, 1.82) is 0 Å². The van der Waals surface area contributed by atoms with E-state index in [1.165, 1.54) is 11.1 Å². The van der Waals surface area contributed by atoms with Crippen LogP contribution in [0.3, 0.4) is 0 Å². The maximum Gasteiger partial charge on any atom is 0.0294 e. The van der Waals surface area contributed by atoms with E-state index in [1.54, 1.807) is 0 Å². The van der Waals surface area contributed by atoms with Crippen LogP contribution in [0.4, 0.5) is 0 Å². The molecule has 0 aliphatic rings. The van der Waals surface area contributed by atoms with Crippen molar-refractivity contribution >= 4 is 6.08 Å². The summed E-state index contributed by atoms with van der Waals surface area (Å²) in [4.78, 5) is 0. The molecule has 0 aromatic heterocycles. The maximum atomic E-state index is 3.48. The highest BCUT2D eigenvalue weighted by atomic mass is 14.9. The fourth-order valence-corrected chi connectivity index (χ4v) is 1.86. The van der Waals surface area contributed by atoms with Gasteiger partial charge in [-0.1, -0.05) is 72.8 Å². The average Bonchev–Trinajstić information content (AvgIpc) is 2.45. The number of rotatable bonds is 5. The van der Waals surface area contributed by atoms with Gasteiger partial charge >= 0.3 is 0 Å². The number of hydrogen-bond acceptors (Lipinski definition) is 1. The molecule has 1 atom stereocenters. The Morgan fingerprint density at radius 2 is 1.56 bits per heavy atom. The molecule has 2 aromatic carbocycles. The predicted molar refractivity (Wildman–Crippen MR) is 78.3 cm³/mol. The molecule has 92 valence electrons. The summed E-state index contributed by atoms with van der Waals surface area (Å²) in [6.45, 7) is 3.07. The first-order valence-corrected chi connectivity index (χ1v) is 6.36. The molecule has 1 heteroatoms. The van der Waals surface area contributed by atoms with Gasteiger partial charge in [0.15, 0.2) is 0 Å². The highest BCUT2D eigenvalue weighted by molar-refractivity contribution is 5.48. The zero-order valence-electron chi connectivity index (χ0n) is 10.7. The molecule has 0 aliphatic heterocycles. The van der Waals surface area contributed by atoms with E-state index < -0.39 is 0 Å². The minimum absolute atomic E-state index is 0.381. The third kappa shape index (κ3) is 3.86. The number of nitrogens with one attached hydrogen (secondary N) is 1. The monoisotopic (exact) mass is 237 g/mol. The summed E-state index contributed by atoms with van der Waals surface area (Å²) in [5.74, 6) is 0. The second-order valence-electron chi connectivity index (χ2n) is 4.35. The van der Waals surface area contributed by atoms with Gasteiger partial charge in [0, 0.05) is 12.6 Å². The van der Waals surface area contributed by atoms with Crippen molar-refractivity contribution < 1.29 is 0 Å². The zero-order valence-corrected chi connectivity index (χ0v) is 10.7. The third-order valence-corrected chi connectivity index (χ3v) is 2.95. The molecule has 2 rings (SSSR count). The van der Waals surface area contributed by atoms with Gasteiger partial charge in [-0.25, -0.2) is 0 Å². The quantitative estimate of drug-likeness (QED) is 0.827. The van der Waals surface area contributed by atoms with E-state index in [0.717, 1.165) is 6.54 Å². The van der Waals surface area contributed by atoms with Crippen molar-refractivity contribution in [2.24, 2.45) is 0 Å². The van der Waals surface area contributed by atoms with E-state index in [1.807, 2.05) is 12.1 Å². The summed E-state index contributed by atoms with van der Waals surface area (Å²) in [7, 11) is 0. The summed E-state index contributed by atoms with van der Waals surface area (Å²) in [5.41, 5.74) is 2.57. The van der Waals surface area contributed by atoms with Crippen LogP contribution in [-0.2, 0) is 0 Å². The van der Waals surface area contributed by atoms with Crippen LogP contribution in [0.25, 0.3) is 6.08 Å². The molecule has 1 nitrogen and oxygen atoms in total. The van der Waals surface area contributed by atoms with Crippen molar-refractivity contribution in [2.45, 2.75) is 13.0 Å². The lowest BCUT2D eigenvalue weighted by Gasteiger charge is -2.12. The molecule has 1 N–H and O–H groups in total. The molecule has 0 saturated heterocycles. The zero-order chi connectivity index (χ0) is 12.6. The minimum Gasteiger partial charge on any atom is -0.307 e. The van der Waals surface area contributed by atoms with Crippen LogP contribution in [0.15, 0.2) is 66.7 Å². The molecule has 2 aromatic rings. The van der Waals surface area contributed by atoms with Crippen molar-refractivity contribution in [3.63, 3.8) is 0 Å². The Morgan fingerprint density at radius 3 is 2.22 bits per heavy atom. The molecular weight excluding hydrogens is 218 g/mol. The molecule has 0 unspecified atom stereocenters. The lowest BCUT2D eigenvalue weighted by Crippen LogP contribution is -2.18. The molecule has 0 fully saturated rings. The Hall–Kier alpha value is -1.86. The first kappa shape index (κ1) is 12.6. The number of benzene rings is 2. The summed E-state index contributed by atoms with van der Waals surface area (Å²) in [6, 6.07) is 21.2. The van der Waals surface area contributed by atoms with Crippen LogP contribution in [0, 0.1) is 0 Å². The highest BCUT2D eigenvalue weighted by Crippen LogP contribution is 2.10. The number of hydrogen-bond donors (Lipinski definition) is 1. The van der Waals surface area contributed by atoms with Crippen LogP contribution < -0.4 is 5.32 Å². The summed E-state index contributed by atoms with van der Waals surface area (Å²) < 4.78 is 0. The fourth-order valence-electron chi connectivity index (χ4n) is 1.86. The van der Waals surface area contributed by atoms with Gasteiger partial charge in [0.2, 0.25) is 0 Å². The standard InChI is InChI=1S/C17H19N/c1-15(17-12-6-3-7-13-17)18-14-8-11-16-9-4-2-5-10-16/h2-13,15,18H,14H2,1H3/b11-8+/t15-/m1/s1. The van der Waals surface area contributed by atoms with Gasteiger partial charge in [-0.05, 0) is 18.1 Å². The second-order valence-corrected chi connectivity index (χ2v) is 4.35. The molecule has 0 bridgehead atoms. The molecule has 0 saturated carbocycles. The van der Waals surface area contributed by atoms with Crippen LogP contribution in [-0.4, -0.2) is 6.54 Å². The lowest BCUT2D eigenvalue weighted by atomic mass is 10.1. The largest absolute Gasteiger partial charge is 0.307 e. The van der Waals surface area contributed by atoms with Gasteiger partial charge in [-0.15, -0.1) is 0 Å². The third-order valence-electron chi connectivity index (χ3n) is 2.95. The molecule has 0 radical (unpaired) electrons. The van der Waals surface area contributed by atoms with Crippen LogP contribution in [0.5, 0.6) is 0 Å². The van der Waals surface area contributed by atoms with Gasteiger partial charge in [-0.3, -0.25) is 0 Å². The Bertz CT molecular complexity index is 473. The van der Waals surface area contributed by atoms with Gasteiger partial charge in [0.1, 0.15) is 0 Å². The van der Waals surface area contributed by atoms with E-state index in [0.29, 0.717) is 6.04 Å². The van der Waals surface area contributed by atoms with Gasteiger partial charge in [0.05, 0.1) is 0 Å². The highest BCUT2D eigenvalue weighted by Gasteiger charge is 2.00. The summed E-state index contributed by atoms with van der Waals surface area (Å²) >= 11 is 0. The van der Waals surface area contributed by atoms with Crippen LogP contribution in [0.2, 0.25) is 0 Å². The van der Waals surface area contributed by atoms with Crippen LogP contribution >= 0.6 is 0 Å². The Labute approximate surface area is 109 Å². The Kier molecular flexibility index (Phi) is 4.74. The van der Waals surface area contributed by atoms with Gasteiger partial charge in [0.25, 0.3) is 0 Å². The predicted octanol–water partition coefficient (Wildman–Crippen LogP) is 4.05. The van der Waals surface area contributed by atoms with Crippen molar-refractivity contribution in [1.82, 2.24) is 5.32 Å². The van der Waals surface area contributed by atoms with E-state index in [-0.39, 0.29) is 0 Å². The van der Waals surface area contributed by atoms with Crippen molar-refractivity contribution in [3.05, 3.63) is 77.9 Å². The molecule has 0 spiro atoms. The lowest BCUT2D eigenvalue weighted by molar-refractivity contribution is 0.618. The fraction of sp³-hybridized carbons (Fsp3) is 0.176. The average molecular weight is 237 g/mol. The van der Waals surface area contributed by atoms with Crippen molar-refractivity contribution in [2.75, 3.05) is 6.54 Å². The summed E-state index contributed by atoms with van der Waals surface area (Å²) in [6.07, 6.45) is 4.31. The molecule has 0 aliphatic carbocycles. The SMILES string of the molecule is C[C@@H](NC/C=C/c1ccccc1)c1ccccc1. The Morgan fingerprint density at radius 1 is 0.944 bits per heavy atom. The first-order valence-electron chi connectivity index (χ1n) is 6.36. The van der Waals surface area contributed by atoms with E-state index in [2.05, 4.69) is 72.9 Å². The molecule has 0 amide bonds. The van der Waals surface area contributed by atoms with E-state index in [9.17, 15) is 0 Å². The van der Waals surface area contributed by atoms with E-state index in [4.69, 9.17) is 0 Å². The smallest absolute Gasteiger partial charge is 0.0294 e. The maximum absolute atomic E-state index is 3.48. The summed E-state index contributed by atoms with van der Waals surface area (Å²) in [5, 5.41) is 3.48. The first-order chi connectivity index (χ1) is 8.86. The van der Waals surface area contributed by atoms with Gasteiger partial charge in [-0.2, -0.15) is 0 Å². The second kappa shape index (κ2) is 6.77. The molecule has 18 heavy (non-hydrogen) atoms. The topological polar surface area (TPSA) is 12.0 Å². The normalized spacial score (nSPS) is 12.7.